The van der Waals surface area contributed by atoms with Crippen molar-refractivity contribution in [2.75, 3.05) is 19.8 Å². The van der Waals surface area contributed by atoms with Crippen LogP contribution in [-0.2, 0) is 42.4 Å². The normalized spacial score (nSPS) is 12.9. The summed E-state index contributed by atoms with van der Waals surface area (Å²) in [6, 6.07) is 0. The lowest BCUT2D eigenvalue weighted by Crippen LogP contribution is -2.52. The average molecular weight is 340 g/mol. The Bertz CT molecular complexity index is 291. The molecular weight excluding hydrogens is 316 g/mol. The third-order valence-electron chi connectivity index (χ3n) is 1.86. The first-order valence-electron chi connectivity index (χ1n) is 7.00. The van der Waals surface area contributed by atoms with E-state index >= 15 is 0 Å². The van der Waals surface area contributed by atoms with Gasteiger partial charge in [-0.05, 0) is 20.8 Å². The minimum absolute atomic E-state index is 0.201. The maximum Gasteiger partial charge on any atom is 0.767 e. The molecule has 1 atom stereocenters. The van der Waals surface area contributed by atoms with E-state index in [2.05, 4.69) is 6.58 Å². The Labute approximate surface area is 131 Å². The number of hydrogen-bond donors (Lipinski definition) is 0. The van der Waals surface area contributed by atoms with E-state index in [1.54, 1.807) is 27.7 Å². The monoisotopic (exact) mass is 340 g/mol. The Morgan fingerprint density at radius 3 is 1.77 bits per heavy atom. The molecule has 1 unspecified atom stereocenters. The van der Waals surface area contributed by atoms with Gasteiger partial charge < -0.3 is 9.16 Å². The van der Waals surface area contributed by atoms with Gasteiger partial charge >= 0.3 is 15.0 Å². The second kappa shape index (κ2) is 12.7. The molecule has 0 saturated carbocycles. The molecule has 0 spiro atoms. The molecule has 0 bridgehead atoms. The fraction of sp³-hybridized carbons (Fsp3) is 0.750. The van der Waals surface area contributed by atoms with Crippen LogP contribution in [0.4, 0.5) is 0 Å². The zero-order chi connectivity index (χ0) is 16.8. The van der Waals surface area contributed by atoms with Gasteiger partial charge in [0.1, 0.15) is 0 Å². The first-order valence-corrected chi connectivity index (χ1v) is 8.63. The van der Waals surface area contributed by atoms with E-state index < -0.39 is 21.3 Å². The molecule has 0 aliphatic carbocycles. The van der Waals surface area contributed by atoms with Gasteiger partial charge in [0.25, 0.3) is 0 Å². The number of carbonyl (C=O) groups excluding carboxylic acids is 1. The van der Waals surface area contributed by atoms with Gasteiger partial charge in [-0.15, -0.1) is 0 Å². The molecule has 9 nitrogen and oxygen atoms in total. The molecule has 10 heteroatoms. The summed E-state index contributed by atoms with van der Waals surface area (Å²) >= 11 is 0. The zero-order valence-corrected chi connectivity index (χ0v) is 14.4. The summed E-state index contributed by atoms with van der Waals surface area (Å²) in [6.07, 6.45) is 0.291. The molecule has 0 fully saturated rings. The molecule has 0 aliphatic rings. The smallest absolute Gasteiger partial charge is 0.433 e. The van der Waals surface area contributed by atoms with Crippen molar-refractivity contribution in [3.63, 3.8) is 0 Å². The van der Waals surface area contributed by atoms with Gasteiger partial charge in [0.2, 0.25) is 0 Å². The van der Waals surface area contributed by atoms with E-state index in [0.717, 1.165) is 6.08 Å². The summed E-state index contributed by atoms with van der Waals surface area (Å²) < 4.78 is 25.6. The van der Waals surface area contributed by atoms with Crippen molar-refractivity contribution >= 4 is 15.0 Å². The van der Waals surface area contributed by atoms with E-state index in [4.69, 9.17) is 37.6 Å². The van der Waals surface area contributed by atoms with Crippen LogP contribution in [0.5, 0.6) is 0 Å². The average Bonchev–Trinajstić information content (AvgIpc) is 2.55. The predicted octanol–water partition coefficient (Wildman–Crippen LogP) is 1.81. The van der Waals surface area contributed by atoms with Crippen LogP contribution in [0.2, 0.25) is 0 Å². The predicted molar refractivity (Wildman–Crippen MR) is 75.3 cm³/mol. The van der Waals surface area contributed by atoms with E-state index in [0.29, 0.717) is 6.42 Å². The van der Waals surface area contributed by atoms with E-state index in [1.165, 1.54) is 0 Å². The lowest BCUT2D eigenvalue weighted by atomic mass is 10.5. The van der Waals surface area contributed by atoms with Crippen LogP contribution in [-0.4, -0.2) is 41.1 Å². The van der Waals surface area contributed by atoms with Gasteiger partial charge in [0.15, 0.2) is 6.29 Å². The third kappa shape index (κ3) is 8.56. The Morgan fingerprint density at radius 1 is 1.00 bits per heavy atom. The molecule has 22 heavy (non-hydrogen) atoms. The first kappa shape index (κ1) is 21.1. The van der Waals surface area contributed by atoms with Crippen LogP contribution in [0.25, 0.3) is 0 Å². The minimum atomic E-state index is -4.00. The summed E-state index contributed by atoms with van der Waals surface area (Å²) in [6.45, 7) is 10.7. The fourth-order valence-corrected chi connectivity index (χ4v) is 2.55. The van der Waals surface area contributed by atoms with Crippen molar-refractivity contribution in [3.8, 4) is 0 Å². The molecular formula is C12H24O9Si. The maximum atomic E-state index is 11.3. The lowest BCUT2D eigenvalue weighted by Gasteiger charge is -2.27. The summed E-state index contributed by atoms with van der Waals surface area (Å²) in [7, 11) is -4.00. The molecule has 130 valence electrons. The van der Waals surface area contributed by atoms with Crippen molar-refractivity contribution in [3.05, 3.63) is 12.7 Å². The van der Waals surface area contributed by atoms with E-state index in [9.17, 15) is 4.79 Å². The summed E-state index contributed by atoms with van der Waals surface area (Å²) in [5.41, 5.74) is 0. The van der Waals surface area contributed by atoms with E-state index in [-0.39, 0.29) is 19.8 Å². The molecule has 0 aromatic heterocycles. The second-order valence-electron chi connectivity index (χ2n) is 3.57. The molecule has 0 saturated heterocycles. The summed E-state index contributed by atoms with van der Waals surface area (Å²) in [4.78, 5) is 25.8. The third-order valence-corrected chi connectivity index (χ3v) is 3.38. The van der Waals surface area contributed by atoms with Gasteiger partial charge in [-0.1, -0.05) is 13.5 Å². The zero-order valence-electron chi connectivity index (χ0n) is 13.4. The first-order chi connectivity index (χ1) is 10.6. The van der Waals surface area contributed by atoms with Gasteiger partial charge in [0, 0.05) is 12.5 Å². The van der Waals surface area contributed by atoms with Crippen LogP contribution in [0.15, 0.2) is 12.7 Å². The Morgan fingerprint density at radius 2 is 1.45 bits per heavy atom. The minimum Gasteiger partial charge on any atom is -0.433 e. The quantitative estimate of drug-likeness (QED) is 0.117. The number of carbonyl (C=O) groups is 1. The van der Waals surface area contributed by atoms with Gasteiger partial charge in [-0.25, -0.2) is 19.5 Å². The lowest BCUT2D eigenvalue weighted by molar-refractivity contribution is -0.393. The highest BCUT2D eigenvalue weighted by molar-refractivity contribution is 6.52. The fourth-order valence-electron chi connectivity index (χ4n) is 1.02. The molecule has 0 aromatic carbocycles. The van der Waals surface area contributed by atoms with Gasteiger partial charge in [-0.3, -0.25) is 0 Å². The van der Waals surface area contributed by atoms with Crippen LogP contribution in [0, 0.1) is 0 Å². The van der Waals surface area contributed by atoms with E-state index in [1.807, 2.05) is 0 Å². The highest BCUT2D eigenvalue weighted by Gasteiger charge is 2.54. The molecule has 0 rings (SSSR count). The van der Waals surface area contributed by atoms with Crippen LogP contribution >= 0.6 is 0 Å². The van der Waals surface area contributed by atoms with Crippen molar-refractivity contribution in [1.82, 2.24) is 0 Å². The van der Waals surface area contributed by atoms with Crippen LogP contribution < -0.4 is 0 Å². The SMILES string of the molecule is C=CC(=O)OC(CC)O[Si](OOCC)(OOCC)OOCC. The van der Waals surface area contributed by atoms with Crippen molar-refractivity contribution in [2.45, 2.75) is 40.4 Å². The largest absolute Gasteiger partial charge is 0.767 e. The van der Waals surface area contributed by atoms with Crippen LogP contribution in [0.3, 0.4) is 0 Å². The molecule has 0 amide bonds. The highest BCUT2D eigenvalue weighted by atomic mass is 28.4. The summed E-state index contributed by atoms with van der Waals surface area (Å²) in [5.74, 6) is -0.668. The molecule has 0 aliphatic heterocycles. The van der Waals surface area contributed by atoms with Crippen LogP contribution in [0.1, 0.15) is 34.1 Å². The van der Waals surface area contributed by atoms with Gasteiger partial charge in [0.05, 0.1) is 19.8 Å². The highest BCUT2D eigenvalue weighted by Crippen LogP contribution is 2.18. The standard InChI is InChI=1S/C12H24O9Si/c1-6-11(13)17-12(7-2)18-22(19-14-8-3,20-15-9-4)21-16-10-5/h6,12H,1,7-10H2,2-5H3. The topological polar surface area (TPSA) is 90.9 Å². The molecule has 0 aromatic rings. The Hall–Kier alpha value is -0.853. The van der Waals surface area contributed by atoms with Crippen molar-refractivity contribution < 1.29 is 42.4 Å². The number of esters is 1. The maximum absolute atomic E-state index is 11.3. The Kier molecular flexibility index (Phi) is 12.2. The molecule has 0 N–H and O–H groups in total. The van der Waals surface area contributed by atoms with Crippen molar-refractivity contribution in [1.29, 1.82) is 0 Å². The van der Waals surface area contributed by atoms with Gasteiger partial charge in [-0.2, -0.15) is 13.7 Å². The molecule has 0 radical (unpaired) electrons. The Balaban J connectivity index is 5.01. The van der Waals surface area contributed by atoms with Crippen molar-refractivity contribution in [2.24, 2.45) is 0 Å². The summed E-state index contributed by atoms with van der Waals surface area (Å²) in [5, 5.41) is 0. The molecule has 0 heterocycles. The number of hydrogen-bond acceptors (Lipinski definition) is 9. The number of rotatable bonds is 14. The number of ether oxygens (including phenoxy) is 1. The second-order valence-corrected chi connectivity index (χ2v) is 5.30.